The van der Waals surface area contributed by atoms with E-state index in [-0.39, 0.29) is 0 Å². The molecule has 0 radical (unpaired) electrons. The fourth-order valence-electron chi connectivity index (χ4n) is 1.23. The minimum Gasteiger partial charge on any atom is -0.481 e. The lowest BCUT2D eigenvalue weighted by molar-refractivity contribution is 0.395. The van der Waals surface area contributed by atoms with Crippen LogP contribution in [0.25, 0.3) is 0 Å². The molecule has 0 spiro atoms. The molecule has 0 amide bonds. The summed E-state index contributed by atoms with van der Waals surface area (Å²) in [5, 5.41) is 4.31. The van der Waals surface area contributed by atoms with Crippen molar-refractivity contribution in [1.29, 1.82) is 0 Å². The minimum atomic E-state index is 0.346. The van der Waals surface area contributed by atoms with Gasteiger partial charge in [0.1, 0.15) is 11.6 Å². The van der Waals surface area contributed by atoms with Gasteiger partial charge >= 0.3 is 0 Å². The summed E-state index contributed by atoms with van der Waals surface area (Å²) < 4.78 is 5.10. The molecule has 4 nitrogen and oxygen atoms in total. The number of alkyl halides is 1. The van der Waals surface area contributed by atoms with E-state index in [1.165, 1.54) is 0 Å². The molecule has 1 heterocycles. The molecule has 1 rings (SSSR count). The summed E-state index contributed by atoms with van der Waals surface area (Å²) in [6.45, 7) is 6.17. The highest BCUT2D eigenvalue weighted by Gasteiger charge is 2.12. The van der Waals surface area contributed by atoms with Gasteiger partial charge in [-0.15, -0.1) is 0 Å². The quantitative estimate of drug-likeness (QED) is 0.846. The van der Waals surface area contributed by atoms with E-state index in [2.05, 4.69) is 45.1 Å². The van der Waals surface area contributed by atoms with Crippen molar-refractivity contribution >= 4 is 21.7 Å². The van der Waals surface area contributed by atoms with Gasteiger partial charge in [0.05, 0.1) is 7.11 Å². The van der Waals surface area contributed by atoms with Gasteiger partial charge in [-0.05, 0) is 19.8 Å². The SMILES string of the molecule is COc1cc(NC(C)C(C)CBr)nc(C)n1. The molecule has 2 unspecified atom stereocenters. The topological polar surface area (TPSA) is 47.0 Å². The summed E-state index contributed by atoms with van der Waals surface area (Å²) in [6, 6.07) is 2.16. The summed E-state index contributed by atoms with van der Waals surface area (Å²) >= 11 is 3.47. The third-order valence-corrected chi connectivity index (χ3v) is 3.52. The van der Waals surface area contributed by atoms with Gasteiger partial charge in [0.2, 0.25) is 5.88 Å². The first kappa shape index (κ1) is 13.2. The minimum absolute atomic E-state index is 0.346. The number of methoxy groups -OCH3 is 1. The molecule has 0 bridgehead atoms. The van der Waals surface area contributed by atoms with Crippen LogP contribution in [0, 0.1) is 12.8 Å². The monoisotopic (exact) mass is 287 g/mol. The molecule has 90 valence electrons. The fourth-order valence-corrected chi connectivity index (χ4v) is 1.79. The molecule has 0 saturated heterocycles. The number of halogens is 1. The number of rotatable bonds is 5. The lowest BCUT2D eigenvalue weighted by Gasteiger charge is -2.20. The van der Waals surface area contributed by atoms with E-state index in [9.17, 15) is 0 Å². The smallest absolute Gasteiger partial charge is 0.218 e. The van der Waals surface area contributed by atoms with E-state index in [0.29, 0.717) is 23.7 Å². The standard InChI is InChI=1S/C11H18BrN3O/c1-7(6-12)8(2)13-10-5-11(16-4)15-9(3)14-10/h5,7-8H,6H2,1-4H3,(H,13,14,15). The maximum atomic E-state index is 5.10. The Morgan fingerprint density at radius 1 is 1.44 bits per heavy atom. The van der Waals surface area contributed by atoms with Gasteiger partial charge in [-0.25, -0.2) is 4.98 Å². The lowest BCUT2D eigenvalue weighted by Crippen LogP contribution is -2.25. The van der Waals surface area contributed by atoms with Crippen LogP contribution in [0.1, 0.15) is 19.7 Å². The summed E-state index contributed by atoms with van der Waals surface area (Å²) in [4.78, 5) is 8.46. The van der Waals surface area contributed by atoms with Gasteiger partial charge in [-0.1, -0.05) is 22.9 Å². The number of nitrogens with one attached hydrogen (secondary N) is 1. The van der Waals surface area contributed by atoms with Crippen molar-refractivity contribution in [3.63, 3.8) is 0 Å². The molecular formula is C11H18BrN3O. The summed E-state index contributed by atoms with van der Waals surface area (Å²) in [6.07, 6.45) is 0. The second-order valence-electron chi connectivity index (χ2n) is 3.91. The normalized spacial score (nSPS) is 14.3. The molecule has 0 aliphatic heterocycles. The van der Waals surface area contributed by atoms with Gasteiger partial charge < -0.3 is 10.1 Å². The molecule has 1 aromatic heterocycles. The largest absolute Gasteiger partial charge is 0.481 e. The molecule has 5 heteroatoms. The van der Waals surface area contributed by atoms with Crippen molar-refractivity contribution in [2.75, 3.05) is 17.8 Å². The molecular weight excluding hydrogens is 270 g/mol. The summed E-state index contributed by atoms with van der Waals surface area (Å²) in [5.74, 6) is 2.64. The van der Waals surface area contributed by atoms with Crippen LogP contribution in [-0.2, 0) is 0 Å². The zero-order valence-corrected chi connectivity index (χ0v) is 11.7. The highest BCUT2D eigenvalue weighted by Crippen LogP contribution is 2.16. The number of aryl methyl sites for hydroxylation is 1. The van der Waals surface area contributed by atoms with E-state index >= 15 is 0 Å². The first-order valence-electron chi connectivity index (χ1n) is 5.29. The van der Waals surface area contributed by atoms with Crippen molar-refractivity contribution in [3.05, 3.63) is 11.9 Å². The van der Waals surface area contributed by atoms with E-state index in [0.717, 1.165) is 11.1 Å². The number of nitrogens with zero attached hydrogens (tertiary/aromatic N) is 2. The van der Waals surface area contributed by atoms with E-state index in [4.69, 9.17) is 4.74 Å². The van der Waals surface area contributed by atoms with Crippen LogP contribution in [0.3, 0.4) is 0 Å². The van der Waals surface area contributed by atoms with Crippen molar-refractivity contribution < 1.29 is 4.74 Å². The van der Waals surface area contributed by atoms with Crippen molar-refractivity contribution in [3.8, 4) is 5.88 Å². The Morgan fingerprint density at radius 2 is 2.12 bits per heavy atom. The van der Waals surface area contributed by atoms with Gasteiger partial charge in [-0.3, -0.25) is 0 Å². The third-order valence-electron chi connectivity index (χ3n) is 2.50. The average Bonchev–Trinajstić information content (AvgIpc) is 2.26. The predicted octanol–water partition coefficient (Wildman–Crippen LogP) is 2.63. The lowest BCUT2D eigenvalue weighted by atomic mass is 10.1. The molecule has 0 aliphatic rings. The maximum absolute atomic E-state index is 5.10. The number of anilines is 1. The zero-order chi connectivity index (χ0) is 12.1. The number of ether oxygens (including phenoxy) is 1. The zero-order valence-electron chi connectivity index (χ0n) is 10.1. The van der Waals surface area contributed by atoms with E-state index in [1.54, 1.807) is 7.11 Å². The van der Waals surface area contributed by atoms with Gasteiger partial charge in [0.25, 0.3) is 0 Å². The first-order chi connectivity index (χ1) is 7.56. The average molecular weight is 288 g/mol. The molecule has 0 fully saturated rings. The molecule has 16 heavy (non-hydrogen) atoms. The Labute approximate surface area is 105 Å². The molecule has 1 N–H and O–H groups in total. The Balaban J connectivity index is 2.76. The second-order valence-corrected chi connectivity index (χ2v) is 4.55. The van der Waals surface area contributed by atoms with Crippen LogP contribution in [0.15, 0.2) is 6.07 Å². The first-order valence-corrected chi connectivity index (χ1v) is 6.41. The van der Waals surface area contributed by atoms with Crippen LogP contribution < -0.4 is 10.1 Å². The molecule has 0 aromatic carbocycles. The van der Waals surface area contributed by atoms with Crippen molar-refractivity contribution in [2.45, 2.75) is 26.8 Å². The number of aromatic nitrogens is 2. The Bertz CT molecular complexity index is 346. The van der Waals surface area contributed by atoms with Gasteiger partial charge in [-0.2, -0.15) is 4.98 Å². The Hall–Kier alpha value is -0.840. The van der Waals surface area contributed by atoms with Gasteiger partial charge in [0, 0.05) is 17.4 Å². The van der Waals surface area contributed by atoms with Crippen LogP contribution in [0.5, 0.6) is 5.88 Å². The maximum Gasteiger partial charge on any atom is 0.218 e. The third kappa shape index (κ3) is 3.63. The Morgan fingerprint density at radius 3 is 2.69 bits per heavy atom. The summed E-state index contributed by atoms with van der Waals surface area (Å²) in [7, 11) is 1.61. The van der Waals surface area contributed by atoms with Crippen LogP contribution in [-0.4, -0.2) is 28.4 Å². The molecule has 1 aromatic rings. The van der Waals surface area contributed by atoms with Crippen molar-refractivity contribution in [2.24, 2.45) is 5.92 Å². The van der Waals surface area contributed by atoms with Crippen LogP contribution in [0.4, 0.5) is 5.82 Å². The highest BCUT2D eigenvalue weighted by atomic mass is 79.9. The van der Waals surface area contributed by atoms with Crippen molar-refractivity contribution in [1.82, 2.24) is 9.97 Å². The van der Waals surface area contributed by atoms with E-state index < -0.39 is 0 Å². The van der Waals surface area contributed by atoms with Crippen LogP contribution >= 0.6 is 15.9 Å². The Kier molecular flexibility index (Phi) is 4.99. The molecule has 2 atom stereocenters. The number of hydrogen-bond acceptors (Lipinski definition) is 4. The second kappa shape index (κ2) is 6.03. The molecule has 0 aliphatic carbocycles. The highest BCUT2D eigenvalue weighted by molar-refractivity contribution is 9.09. The summed E-state index contributed by atoms with van der Waals surface area (Å²) in [5.41, 5.74) is 0. The fraction of sp³-hybridized carbons (Fsp3) is 0.636. The van der Waals surface area contributed by atoms with E-state index in [1.807, 2.05) is 13.0 Å². The van der Waals surface area contributed by atoms with Crippen LogP contribution in [0.2, 0.25) is 0 Å². The predicted molar refractivity (Wildman–Crippen MR) is 69.4 cm³/mol. The molecule has 0 saturated carbocycles. The van der Waals surface area contributed by atoms with Gasteiger partial charge in [0.15, 0.2) is 0 Å². The number of hydrogen-bond donors (Lipinski definition) is 1.